The largest absolute Gasteiger partial charge is 0.502 e. The molecule has 1 aromatic rings. The molecule has 14 heteroatoms. The number of hydrogen-bond acceptors (Lipinski definition) is 13. The van der Waals surface area contributed by atoms with Gasteiger partial charge in [-0.3, -0.25) is 4.79 Å². The highest BCUT2D eigenvalue weighted by Gasteiger charge is 2.70. The minimum Gasteiger partial charge on any atom is -0.502 e. The van der Waals surface area contributed by atoms with Gasteiger partial charge in [-0.25, -0.2) is 9.59 Å². The SMILES string of the molecule is COCc1ccc(C(=O)OC[C@]2(CO[C@H]3CC[C@@H](OC)[C@H](C)O3)[C@H]3CC[C@@]4(C)[C@H](C5=C(O)C(=O)OC5O)C(C)=CC[C@H]4[C@]3(C)[C@@H](O)C[C@H]2OC(C)=O)[nH]1. The molecular weight excluding hydrogens is 690 g/mol. The number of fused-ring (bicyclic) bond motifs is 3. The van der Waals surface area contributed by atoms with E-state index in [9.17, 15) is 29.7 Å². The standard InChI is InChI=1S/C39H55NO13/c1-20-8-12-26-37(4,32(20)31-33(43)36(46)53-35(31)45)15-14-27-38(26,5)28(42)16-29(52-22(3)41)39(27,18-49-30-13-11-25(48-7)21(2)51-30)19-50-34(44)24-10-9-23(40-24)17-47-6/h8-10,21,25-30,32,35,40,42-43,45H,11-19H2,1-7H3/t21-,25+,26+,27-,28-,29+,30+,32-,35?,37+,38-,39+/m0/s1. The van der Waals surface area contributed by atoms with Gasteiger partial charge < -0.3 is 53.5 Å². The van der Waals surface area contributed by atoms with Crippen LogP contribution in [0.5, 0.6) is 0 Å². The smallest absolute Gasteiger partial charge is 0.376 e. The molecule has 3 aliphatic carbocycles. The van der Waals surface area contributed by atoms with Crippen LogP contribution in [0.15, 0.2) is 35.1 Å². The lowest BCUT2D eigenvalue weighted by molar-refractivity contribution is -0.285. The summed E-state index contributed by atoms with van der Waals surface area (Å²) >= 11 is 0. The number of aliphatic hydroxyl groups is 3. The van der Waals surface area contributed by atoms with E-state index < -0.39 is 76.5 Å². The fourth-order valence-corrected chi connectivity index (χ4v) is 10.8. The summed E-state index contributed by atoms with van der Waals surface area (Å²) in [5.74, 6) is -3.95. The van der Waals surface area contributed by atoms with Crippen molar-refractivity contribution < 1.29 is 62.9 Å². The van der Waals surface area contributed by atoms with Gasteiger partial charge in [0.2, 0.25) is 12.0 Å². The molecule has 6 rings (SSSR count). The Morgan fingerprint density at radius 1 is 1.08 bits per heavy atom. The Morgan fingerprint density at radius 2 is 1.83 bits per heavy atom. The predicted molar refractivity (Wildman–Crippen MR) is 187 cm³/mol. The van der Waals surface area contributed by atoms with Crippen molar-refractivity contribution in [1.29, 1.82) is 0 Å². The summed E-state index contributed by atoms with van der Waals surface area (Å²) in [6, 6.07) is 3.37. The molecule has 0 radical (unpaired) electrons. The average Bonchev–Trinajstić information content (AvgIpc) is 3.67. The number of cyclic esters (lactones) is 1. The second-order valence-electron chi connectivity index (χ2n) is 16.1. The number of methoxy groups -OCH3 is 2. The molecule has 1 unspecified atom stereocenters. The summed E-state index contributed by atoms with van der Waals surface area (Å²) in [5, 5.41) is 34.0. The van der Waals surface area contributed by atoms with E-state index in [1.807, 2.05) is 26.8 Å². The molecule has 0 aromatic carbocycles. The number of aromatic amines is 1. The van der Waals surface area contributed by atoms with Gasteiger partial charge in [-0.15, -0.1) is 0 Å². The van der Waals surface area contributed by atoms with E-state index in [0.717, 1.165) is 5.57 Å². The summed E-state index contributed by atoms with van der Waals surface area (Å²) in [5.41, 5.74) is -0.738. The molecule has 0 spiro atoms. The maximum Gasteiger partial charge on any atom is 0.376 e. The molecule has 12 atom stereocenters. The van der Waals surface area contributed by atoms with Gasteiger partial charge in [0, 0.05) is 51.0 Å². The summed E-state index contributed by atoms with van der Waals surface area (Å²) < 4.78 is 40.9. The molecular formula is C39H55NO13. The molecule has 0 bridgehead atoms. The molecule has 5 aliphatic rings. The zero-order chi connectivity index (χ0) is 38.5. The maximum absolute atomic E-state index is 13.7. The Bertz CT molecular complexity index is 1620. The molecule has 3 heterocycles. The molecule has 0 amide bonds. The Morgan fingerprint density at radius 3 is 2.47 bits per heavy atom. The number of hydrogen-bond donors (Lipinski definition) is 4. The Balaban J connectivity index is 1.41. The number of ether oxygens (including phenoxy) is 7. The van der Waals surface area contributed by atoms with E-state index in [1.165, 1.54) is 6.92 Å². The van der Waals surface area contributed by atoms with Crippen molar-refractivity contribution >= 4 is 17.9 Å². The van der Waals surface area contributed by atoms with Crippen LogP contribution in [0, 0.1) is 34.0 Å². The molecule has 14 nitrogen and oxygen atoms in total. The van der Waals surface area contributed by atoms with E-state index in [-0.39, 0.29) is 55.6 Å². The van der Waals surface area contributed by atoms with Crippen molar-refractivity contribution in [2.75, 3.05) is 27.4 Å². The molecule has 1 saturated heterocycles. The predicted octanol–water partition coefficient (Wildman–Crippen LogP) is 4.25. The highest BCUT2D eigenvalue weighted by molar-refractivity contribution is 5.89. The van der Waals surface area contributed by atoms with E-state index in [4.69, 9.17) is 33.2 Å². The summed E-state index contributed by atoms with van der Waals surface area (Å²) in [4.78, 5) is 41.9. The van der Waals surface area contributed by atoms with Crippen molar-refractivity contribution in [3.05, 3.63) is 46.5 Å². The quantitative estimate of drug-likeness (QED) is 0.143. The Labute approximate surface area is 310 Å². The van der Waals surface area contributed by atoms with Gasteiger partial charge in [-0.1, -0.05) is 25.5 Å². The van der Waals surface area contributed by atoms with Crippen LogP contribution >= 0.6 is 0 Å². The Kier molecular flexibility index (Phi) is 11.2. The fourth-order valence-electron chi connectivity index (χ4n) is 10.8. The number of carbonyl (C=O) groups is 3. The van der Waals surface area contributed by atoms with E-state index >= 15 is 0 Å². The summed E-state index contributed by atoms with van der Waals surface area (Å²) in [6.45, 7) is 9.35. The third-order valence-corrected chi connectivity index (χ3v) is 13.3. The third kappa shape index (κ3) is 6.84. The topological polar surface area (TPSA) is 192 Å². The number of carbonyl (C=O) groups excluding carboxylic acids is 3. The van der Waals surface area contributed by atoms with Gasteiger partial charge in [0.25, 0.3) is 0 Å². The molecule has 2 aliphatic heterocycles. The zero-order valence-electron chi connectivity index (χ0n) is 31.7. The number of nitrogens with one attached hydrogen (secondary N) is 1. The Hall–Kier alpha value is -3.27. The second kappa shape index (κ2) is 15.1. The van der Waals surface area contributed by atoms with Crippen LogP contribution in [0.4, 0.5) is 0 Å². The lowest BCUT2D eigenvalue weighted by Crippen LogP contribution is -2.69. The highest BCUT2D eigenvalue weighted by Crippen LogP contribution is 2.70. The van der Waals surface area contributed by atoms with Gasteiger partial charge in [0.05, 0.1) is 42.5 Å². The average molecular weight is 746 g/mol. The van der Waals surface area contributed by atoms with E-state index in [0.29, 0.717) is 37.8 Å². The number of aromatic nitrogens is 1. The number of aliphatic hydroxyl groups excluding tert-OH is 3. The van der Waals surface area contributed by atoms with Gasteiger partial charge in [-0.05, 0) is 68.9 Å². The third-order valence-electron chi connectivity index (χ3n) is 13.3. The minimum absolute atomic E-state index is 0.00534. The van der Waals surface area contributed by atoms with Crippen molar-refractivity contribution in [2.24, 2.45) is 34.0 Å². The van der Waals surface area contributed by atoms with Crippen LogP contribution in [-0.2, 0) is 49.4 Å². The monoisotopic (exact) mass is 745 g/mol. The number of rotatable bonds is 11. The fraction of sp³-hybridized carbons (Fsp3) is 0.718. The molecule has 4 N–H and O–H groups in total. The first-order chi connectivity index (χ1) is 25.1. The van der Waals surface area contributed by atoms with Crippen LogP contribution in [0.1, 0.15) is 89.3 Å². The van der Waals surface area contributed by atoms with Crippen LogP contribution in [0.25, 0.3) is 0 Å². The van der Waals surface area contributed by atoms with Gasteiger partial charge in [-0.2, -0.15) is 0 Å². The lowest BCUT2D eigenvalue weighted by Gasteiger charge is -2.68. The van der Waals surface area contributed by atoms with Crippen LogP contribution in [-0.4, -0.2) is 103 Å². The van der Waals surface area contributed by atoms with Crippen molar-refractivity contribution in [2.45, 2.75) is 117 Å². The van der Waals surface area contributed by atoms with Crippen molar-refractivity contribution in [3.63, 3.8) is 0 Å². The number of H-pyrrole nitrogens is 1. The lowest BCUT2D eigenvalue weighted by atomic mass is 9.38. The van der Waals surface area contributed by atoms with Crippen LogP contribution in [0.3, 0.4) is 0 Å². The minimum atomic E-state index is -1.60. The van der Waals surface area contributed by atoms with E-state index in [1.54, 1.807) is 26.4 Å². The van der Waals surface area contributed by atoms with Crippen LogP contribution in [0.2, 0.25) is 0 Å². The second-order valence-corrected chi connectivity index (χ2v) is 16.1. The first-order valence-electron chi connectivity index (χ1n) is 18.6. The first kappa shape index (κ1) is 39.4. The molecule has 294 valence electrons. The summed E-state index contributed by atoms with van der Waals surface area (Å²) in [7, 11) is 3.21. The van der Waals surface area contributed by atoms with E-state index in [2.05, 4.69) is 11.9 Å². The van der Waals surface area contributed by atoms with Gasteiger partial charge in [0.15, 0.2) is 6.29 Å². The summed E-state index contributed by atoms with van der Waals surface area (Å²) in [6.07, 6.45) is 0.521. The maximum atomic E-state index is 13.7. The normalized spacial score (nSPS) is 39.8. The number of esters is 3. The zero-order valence-corrected chi connectivity index (χ0v) is 31.7. The van der Waals surface area contributed by atoms with Gasteiger partial charge >= 0.3 is 17.9 Å². The first-order valence-corrected chi connectivity index (χ1v) is 18.6. The highest BCUT2D eigenvalue weighted by atomic mass is 16.7. The molecule has 3 fully saturated rings. The van der Waals surface area contributed by atoms with Crippen molar-refractivity contribution in [3.8, 4) is 0 Å². The van der Waals surface area contributed by atoms with Gasteiger partial charge in [0.1, 0.15) is 18.4 Å². The number of allylic oxidation sites excluding steroid dienone is 2. The molecule has 53 heavy (non-hydrogen) atoms. The molecule has 2 saturated carbocycles. The molecule has 1 aromatic heterocycles. The van der Waals surface area contributed by atoms with Crippen molar-refractivity contribution in [1.82, 2.24) is 4.98 Å². The van der Waals surface area contributed by atoms with Crippen LogP contribution < -0.4 is 0 Å².